The average Bonchev–Trinajstić information content (AvgIpc) is 3.43. The van der Waals surface area contributed by atoms with Crippen LogP contribution in [0.4, 0.5) is 0 Å². The molecule has 0 radical (unpaired) electrons. The van der Waals surface area contributed by atoms with Crippen molar-refractivity contribution in [1.82, 2.24) is 14.4 Å². The molecule has 0 bridgehead atoms. The second-order valence-electron chi connectivity index (χ2n) is 10.2. The van der Waals surface area contributed by atoms with Crippen molar-refractivity contribution in [3.05, 3.63) is 107 Å². The lowest BCUT2D eigenvalue weighted by molar-refractivity contribution is -0.134. The number of carbonyl (C=O) groups is 2. The lowest BCUT2D eigenvalue weighted by Gasteiger charge is -2.38. The lowest BCUT2D eigenvalue weighted by atomic mass is 9.95. The van der Waals surface area contributed by atoms with Gasteiger partial charge in [-0.05, 0) is 52.1 Å². The molecule has 0 fully saturated rings. The fourth-order valence-corrected chi connectivity index (χ4v) is 5.28. The van der Waals surface area contributed by atoms with Crippen molar-refractivity contribution >= 4 is 22.6 Å². The fourth-order valence-electron chi connectivity index (χ4n) is 5.28. The Balaban J connectivity index is 1.42. The molecule has 196 valence electrons. The normalized spacial score (nSPS) is 15.1. The van der Waals surface area contributed by atoms with Gasteiger partial charge >= 0.3 is 0 Å². The standard InChI is InChI=1S/C32H35N3O3/c1-23(2)24-10-13-26(14-11-24)31-29-9-6-16-33(29)17-18-35(31)30(36)22-34(19-20-38-3)32(37)28-15-12-25-7-4-5-8-27(25)21-28/h4-16,21,23,31H,17-20,22H2,1-3H3/t31-/m1/s1. The van der Waals surface area contributed by atoms with Crippen LogP contribution in [0.1, 0.15) is 53.0 Å². The van der Waals surface area contributed by atoms with Crippen molar-refractivity contribution in [2.75, 3.05) is 33.4 Å². The summed E-state index contributed by atoms with van der Waals surface area (Å²) in [6.45, 7) is 6.36. The molecule has 2 heterocycles. The van der Waals surface area contributed by atoms with Gasteiger partial charge in [0.15, 0.2) is 0 Å². The van der Waals surface area contributed by atoms with Gasteiger partial charge in [-0.3, -0.25) is 9.59 Å². The van der Waals surface area contributed by atoms with E-state index in [4.69, 9.17) is 4.74 Å². The van der Waals surface area contributed by atoms with Gasteiger partial charge in [-0.25, -0.2) is 0 Å². The summed E-state index contributed by atoms with van der Waals surface area (Å²) in [4.78, 5) is 31.0. The minimum Gasteiger partial charge on any atom is -0.383 e. The molecule has 2 amide bonds. The number of nitrogens with zero attached hydrogens (tertiary/aromatic N) is 3. The summed E-state index contributed by atoms with van der Waals surface area (Å²) in [5.74, 6) is 0.201. The predicted octanol–water partition coefficient (Wildman–Crippen LogP) is 5.49. The first kappa shape index (κ1) is 25.7. The molecular formula is C32H35N3O3. The molecule has 0 aliphatic carbocycles. The largest absolute Gasteiger partial charge is 0.383 e. The first-order chi connectivity index (χ1) is 18.5. The van der Waals surface area contributed by atoms with Crippen molar-refractivity contribution < 1.29 is 14.3 Å². The summed E-state index contributed by atoms with van der Waals surface area (Å²) in [5.41, 5.74) is 4.00. The highest BCUT2D eigenvalue weighted by molar-refractivity contribution is 6.00. The van der Waals surface area contributed by atoms with Crippen molar-refractivity contribution in [3.63, 3.8) is 0 Å². The second kappa shape index (κ2) is 11.2. The van der Waals surface area contributed by atoms with Crippen molar-refractivity contribution in [1.29, 1.82) is 0 Å². The van der Waals surface area contributed by atoms with E-state index in [1.54, 1.807) is 12.0 Å². The number of benzene rings is 3. The summed E-state index contributed by atoms with van der Waals surface area (Å²) in [6, 6.07) is 26.1. The summed E-state index contributed by atoms with van der Waals surface area (Å²) in [7, 11) is 1.61. The van der Waals surface area contributed by atoms with Crippen LogP contribution >= 0.6 is 0 Å². The molecule has 0 N–H and O–H groups in total. The van der Waals surface area contributed by atoms with E-state index < -0.39 is 0 Å². The maximum atomic E-state index is 13.9. The van der Waals surface area contributed by atoms with E-state index in [0.717, 1.165) is 28.6 Å². The fraction of sp³-hybridized carbons (Fsp3) is 0.312. The van der Waals surface area contributed by atoms with Crippen molar-refractivity contribution in [2.24, 2.45) is 0 Å². The third-order valence-corrected chi connectivity index (χ3v) is 7.45. The number of ether oxygens (including phenoxy) is 1. The van der Waals surface area contributed by atoms with Gasteiger partial charge in [-0.1, -0.05) is 68.4 Å². The van der Waals surface area contributed by atoms with E-state index in [1.807, 2.05) is 53.4 Å². The zero-order chi connectivity index (χ0) is 26.6. The van der Waals surface area contributed by atoms with Gasteiger partial charge in [-0.15, -0.1) is 0 Å². The molecule has 0 saturated heterocycles. The van der Waals surface area contributed by atoms with Gasteiger partial charge in [0.25, 0.3) is 5.91 Å². The molecule has 5 rings (SSSR count). The van der Waals surface area contributed by atoms with Crippen LogP contribution in [0.2, 0.25) is 0 Å². The van der Waals surface area contributed by atoms with Crippen LogP contribution < -0.4 is 0 Å². The van der Waals surface area contributed by atoms with E-state index >= 15 is 0 Å². The van der Waals surface area contributed by atoms with Gasteiger partial charge in [0.2, 0.25) is 5.91 Å². The maximum Gasteiger partial charge on any atom is 0.254 e. The van der Waals surface area contributed by atoms with Gasteiger partial charge in [0.05, 0.1) is 12.6 Å². The molecule has 1 atom stereocenters. The Morgan fingerprint density at radius 3 is 2.45 bits per heavy atom. The number of rotatable bonds is 8. The number of hydrogen-bond acceptors (Lipinski definition) is 3. The van der Waals surface area contributed by atoms with E-state index in [1.165, 1.54) is 5.56 Å². The highest BCUT2D eigenvalue weighted by Gasteiger charge is 2.33. The third kappa shape index (κ3) is 5.22. The molecule has 0 unspecified atom stereocenters. The molecule has 6 nitrogen and oxygen atoms in total. The average molecular weight is 510 g/mol. The molecule has 0 saturated carbocycles. The number of fused-ring (bicyclic) bond motifs is 2. The first-order valence-electron chi connectivity index (χ1n) is 13.3. The van der Waals surface area contributed by atoms with Crippen molar-refractivity contribution in [2.45, 2.75) is 32.4 Å². The molecule has 6 heteroatoms. The Bertz CT molecular complexity index is 1420. The second-order valence-corrected chi connectivity index (χ2v) is 10.2. The summed E-state index contributed by atoms with van der Waals surface area (Å²) >= 11 is 0. The quantitative estimate of drug-likeness (QED) is 0.316. The zero-order valence-electron chi connectivity index (χ0n) is 22.3. The lowest BCUT2D eigenvalue weighted by Crippen LogP contribution is -2.48. The molecule has 1 aromatic heterocycles. The van der Waals surface area contributed by atoms with Gasteiger partial charge in [-0.2, -0.15) is 0 Å². The molecular weight excluding hydrogens is 474 g/mol. The molecule has 3 aromatic carbocycles. The van der Waals surface area contributed by atoms with Crippen LogP contribution in [0, 0.1) is 0 Å². The summed E-state index contributed by atoms with van der Waals surface area (Å²) in [5, 5.41) is 2.07. The highest BCUT2D eigenvalue weighted by Crippen LogP contribution is 2.33. The number of hydrogen-bond donors (Lipinski definition) is 0. The molecule has 1 aliphatic heterocycles. The minimum absolute atomic E-state index is 0.00366. The Morgan fingerprint density at radius 2 is 1.71 bits per heavy atom. The summed E-state index contributed by atoms with van der Waals surface area (Å²) < 4.78 is 7.51. The topological polar surface area (TPSA) is 54.8 Å². The predicted molar refractivity (Wildman–Crippen MR) is 150 cm³/mol. The molecule has 4 aromatic rings. The van der Waals surface area contributed by atoms with Crippen LogP contribution in [0.15, 0.2) is 85.1 Å². The Labute approximate surface area is 224 Å². The maximum absolute atomic E-state index is 13.9. The van der Waals surface area contributed by atoms with Crippen LogP contribution in [0.5, 0.6) is 0 Å². The van der Waals surface area contributed by atoms with Crippen LogP contribution in [0.25, 0.3) is 10.8 Å². The van der Waals surface area contributed by atoms with Crippen LogP contribution in [-0.2, 0) is 16.1 Å². The van der Waals surface area contributed by atoms with Crippen molar-refractivity contribution in [3.8, 4) is 0 Å². The first-order valence-corrected chi connectivity index (χ1v) is 13.3. The van der Waals surface area contributed by atoms with E-state index in [9.17, 15) is 9.59 Å². The zero-order valence-corrected chi connectivity index (χ0v) is 22.3. The molecule has 38 heavy (non-hydrogen) atoms. The van der Waals surface area contributed by atoms with E-state index in [-0.39, 0.29) is 24.4 Å². The van der Waals surface area contributed by atoms with Gasteiger partial charge in [0, 0.05) is 44.2 Å². The monoisotopic (exact) mass is 509 g/mol. The Morgan fingerprint density at radius 1 is 0.947 bits per heavy atom. The van der Waals surface area contributed by atoms with Crippen LogP contribution in [0.3, 0.4) is 0 Å². The Hall–Kier alpha value is -3.90. The highest BCUT2D eigenvalue weighted by atomic mass is 16.5. The molecule has 1 aliphatic rings. The van der Waals surface area contributed by atoms with Gasteiger partial charge in [0.1, 0.15) is 6.54 Å². The Kier molecular flexibility index (Phi) is 7.61. The van der Waals surface area contributed by atoms with E-state index in [0.29, 0.717) is 31.2 Å². The minimum atomic E-state index is -0.201. The van der Waals surface area contributed by atoms with Crippen LogP contribution in [-0.4, -0.2) is 59.5 Å². The summed E-state index contributed by atoms with van der Waals surface area (Å²) in [6.07, 6.45) is 2.07. The number of methoxy groups -OCH3 is 1. The van der Waals surface area contributed by atoms with E-state index in [2.05, 4.69) is 54.9 Å². The smallest absolute Gasteiger partial charge is 0.254 e. The number of amides is 2. The SMILES string of the molecule is COCCN(CC(=O)N1CCn2cccc2[C@H]1c1ccc(C(C)C)cc1)C(=O)c1ccc2ccccc2c1. The number of aromatic nitrogens is 1. The third-order valence-electron chi connectivity index (χ3n) is 7.45. The van der Waals surface area contributed by atoms with Gasteiger partial charge < -0.3 is 19.1 Å². The molecule has 0 spiro atoms. The number of carbonyl (C=O) groups excluding carboxylic acids is 2.